The molecule has 0 aromatic heterocycles. The SMILES string of the molecule is CC[C@@H](C)NC(=O)[C@@H](CC)N(Cc1cccc(OC)c1)C(=O)CSCc1ccc(Cl)cc1. The zero-order valence-electron chi connectivity index (χ0n) is 19.3. The van der Waals surface area contributed by atoms with Gasteiger partial charge < -0.3 is 15.0 Å². The molecule has 32 heavy (non-hydrogen) atoms. The highest BCUT2D eigenvalue weighted by Crippen LogP contribution is 2.20. The van der Waals surface area contributed by atoms with Crippen molar-refractivity contribution in [1.29, 1.82) is 0 Å². The van der Waals surface area contributed by atoms with Crippen molar-refractivity contribution in [3.63, 3.8) is 0 Å². The summed E-state index contributed by atoms with van der Waals surface area (Å²) >= 11 is 7.48. The summed E-state index contributed by atoms with van der Waals surface area (Å²) in [6.07, 6.45) is 1.38. The molecule has 2 atom stereocenters. The molecule has 174 valence electrons. The van der Waals surface area contributed by atoms with Crippen LogP contribution in [0.4, 0.5) is 0 Å². The average molecular weight is 477 g/mol. The van der Waals surface area contributed by atoms with Crippen molar-refractivity contribution in [2.24, 2.45) is 0 Å². The number of ether oxygens (including phenoxy) is 1. The van der Waals surface area contributed by atoms with Crippen molar-refractivity contribution in [2.45, 2.75) is 58.0 Å². The normalized spacial score (nSPS) is 12.7. The van der Waals surface area contributed by atoms with E-state index in [2.05, 4.69) is 5.32 Å². The number of hydrogen-bond donors (Lipinski definition) is 1. The van der Waals surface area contributed by atoms with Gasteiger partial charge in [0.1, 0.15) is 11.8 Å². The molecule has 0 fully saturated rings. The second-order valence-corrected chi connectivity index (χ2v) is 9.16. The third-order valence-corrected chi connectivity index (χ3v) is 6.52. The van der Waals surface area contributed by atoms with Crippen molar-refractivity contribution in [3.05, 3.63) is 64.7 Å². The van der Waals surface area contributed by atoms with Crippen LogP contribution < -0.4 is 10.1 Å². The van der Waals surface area contributed by atoms with E-state index in [1.54, 1.807) is 12.0 Å². The van der Waals surface area contributed by atoms with Gasteiger partial charge in [-0.05, 0) is 55.2 Å². The molecular weight excluding hydrogens is 444 g/mol. The van der Waals surface area contributed by atoms with Crippen molar-refractivity contribution >= 4 is 35.2 Å². The molecule has 0 heterocycles. The van der Waals surface area contributed by atoms with Crippen molar-refractivity contribution in [3.8, 4) is 5.75 Å². The van der Waals surface area contributed by atoms with E-state index in [4.69, 9.17) is 16.3 Å². The van der Waals surface area contributed by atoms with Gasteiger partial charge in [-0.2, -0.15) is 0 Å². The molecule has 5 nitrogen and oxygen atoms in total. The topological polar surface area (TPSA) is 58.6 Å². The first-order valence-corrected chi connectivity index (χ1v) is 12.5. The van der Waals surface area contributed by atoms with Crippen LogP contribution in [0.25, 0.3) is 0 Å². The van der Waals surface area contributed by atoms with Crippen molar-refractivity contribution in [1.82, 2.24) is 10.2 Å². The maximum absolute atomic E-state index is 13.3. The minimum absolute atomic E-state index is 0.0575. The van der Waals surface area contributed by atoms with Crippen LogP contribution in [0.15, 0.2) is 48.5 Å². The number of hydrogen-bond acceptors (Lipinski definition) is 4. The Hall–Kier alpha value is -2.18. The Morgan fingerprint density at radius 2 is 1.81 bits per heavy atom. The quantitative estimate of drug-likeness (QED) is 0.451. The largest absolute Gasteiger partial charge is 0.497 e. The average Bonchev–Trinajstić information content (AvgIpc) is 2.80. The van der Waals surface area contributed by atoms with Crippen molar-refractivity contribution in [2.75, 3.05) is 12.9 Å². The van der Waals surface area contributed by atoms with E-state index in [1.165, 1.54) is 11.8 Å². The third-order valence-electron chi connectivity index (χ3n) is 5.28. The lowest BCUT2D eigenvalue weighted by atomic mass is 10.1. The summed E-state index contributed by atoms with van der Waals surface area (Å²) in [7, 11) is 1.61. The number of benzene rings is 2. The molecule has 2 aromatic rings. The van der Waals surface area contributed by atoms with Crippen LogP contribution in [0.3, 0.4) is 0 Å². The predicted octanol–water partition coefficient (Wildman–Crippen LogP) is 5.30. The number of carbonyl (C=O) groups is 2. The number of amides is 2. The van der Waals surface area contributed by atoms with Gasteiger partial charge in [0.15, 0.2) is 0 Å². The molecule has 0 spiro atoms. The first-order valence-electron chi connectivity index (χ1n) is 10.9. The van der Waals surface area contributed by atoms with Gasteiger partial charge in [0.2, 0.25) is 11.8 Å². The summed E-state index contributed by atoms with van der Waals surface area (Å²) in [4.78, 5) is 28.0. The number of nitrogens with one attached hydrogen (secondary N) is 1. The number of carbonyl (C=O) groups excluding carboxylic acids is 2. The zero-order valence-corrected chi connectivity index (χ0v) is 20.8. The molecular formula is C25H33ClN2O3S. The molecule has 0 aliphatic heterocycles. The van der Waals surface area contributed by atoms with E-state index >= 15 is 0 Å². The predicted molar refractivity (Wildman–Crippen MR) is 133 cm³/mol. The van der Waals surface area contributed by atoms with Crippen molar-refractivity contribution < 1.29 is 14.3 Å². The fourth-order valence-corrected chi connectivity index (χ4v) is 4.24. The monoisotopic (exact) mass is 476 g/mol. The molecule has 0 radical (unpaired) electrons. The summed E-state index contributed by atoms with van der Waals surface area (Å²) < 4.78 is 5.32. The maximum Gasteiger partial charge on any atom is 0.243 e. The first kappa shape index (κ1) is 26.1. The minimum Gasteiger partial charge on any atom is -0.497 e. The van der Waals surface area contributed by atoms with Gasteiger partial charge in [-0.15, -0.1) is 11.8 Å². The van der Waals surface area contributed by atoms with Crippen LogP contribution in [0, 0.1) is 0 Å². The summed E-state index contributed by atoms with van der Waals surface area (Å²) in [5.74, 6) is 1.55. The molecule has 0 aliphatic carbocycles. The van der Waals surface area contributed by atoms with Crippen LogP contribution >= 0.6 is 23.4 Å². The molecule has 0 unspecified atom stereocenters. The highest BCUT2D eigenvalue weighted by atomic mass is 35.5. The Balaban J connectivity index is 2.15. The van der Waals surface area contributed by atoms with Crippen LogP contribution in [0.2, 0.25) is 5.02 Å². The molecule has 2 amide bonds. The van der Waals surface area contributed by atoms with E-state index in [-0.39, 0.29) is 17.9 Å². The Kier molecular flexibility index (Phi) is 10.9. The third kappa shape index (κ3) is 8.06. The standard InChI is InChI=1S/C25H33ClN2O3S/c1-5-18(3)27-25(30)23(6-2)28(15-20-8-7-9-22(14-20)31-4)24(29)17-32-16-19-10-12-21(26)13-11-19/h7-14,18,23H,5-6,15-17H2,1-4H3,(H,27,30)/t18-,23-/m1/s1. The number of nitrogens with zero attached hydrogens (tertiary/aromatic N) is 1. The second-order valence-electron chi connectivity index (χ2n) is 7.73. The Bertz CT molecular complexity index is 876. The van der Waals surface area contributed by atoms with Gasteiger partial charge >= 0.3 is 0 Å². The van der Waals surface area contributed by atoms with E-state index in [1.807, 2.05) is 69.3 Å². The van der Waals surface area contributed by atoms with Gasteiger partial charge in [0, 0.05) is 23.4 Å². The van der Waals surface area contributed by atoms with Crippen LogP contribution in [0.5, 0.6) is 5.75 Å². The van der Waals surface area contributed by atoms with Gasteiger partial charge in [-0.25, -0.2) is 0 Å². The Labute approximate surface area is 200 Å². The van der Waals surface area contributed by atoms with Crippen LogP contribution in [-0.4, -0.2) is 41.7 Å². The van der Waals surface area contributed by atoms with Crippen LogP contribution in [-0.2, 0) is 21.9 Å². The highest BCUT2D eigenvalue weighted by Gasteiger charge is 2.29. The van der Waals surface area contributed by atoms with Gasteiger partial charge in [-0.3, -0.25) is 9.59 Å². The lowest BCUT2D eigenvalue weighted by Gasteiger charge is -2.31. The molecule has 0 aliphatic rings. The maximum atomic E-state index is 13.3. The van der Waals surface area contributed by atoms with Gasteiger partial charge in [-0.1, -0.05) is 49.7 Å². The highest BCUT2D eigenvalue weighted by molar-refractivity contribution is 7.99. The van der Waals surface area contributed by atoms with E-state index in [0.29, 0.717) is 29.5 Å². The molecule has 2 rings (SSSR count). The van der Waals surface area contributed by atoms with E-state index in [9.17, 15) is 9.59 Å². The smallest absolute Gasteiger partial charge is 0.243 e. The lowest BCUT2D eigenvalue weighted by molar-refractivity contribution is -0.139. The van der Waals surface area contributed by atoms with Crippen LogP contribution in [0.1, 0.15) is 44.7 Å². The summed E-state index contributed by atoms with van der Waals surface area (Å²) in [6, 6.07) is 14.8. The Morgan fingerprint density at radius 3 is 2.44 bits per heavy atom. The summed E-state index contributed by atoms with van der Waals surface area (Å²) in [5.41, 5.74) is 2.03. The summed E-state index contributed by atoms with van der Waals surface area (Å²) in [5, 5.41) is 3.73. The summed E-state index contributed by atoms with van der Waals surface area (Å²) in [6.45, 7) is 6.29. The number of halogens is 1. The number of rotatable bonds is 12. The zero-order chi connectivity index (χ0) is 23.5. The first-order chi connectivity index (χ1) is 15.4. The van der Waals surface area contributed by atoms with Gasteiger partial charge in [0.05, 0.1) is 12.9 Å². The molecule has 0 saturated carbocycles. The van der Waals surface area contributed by atoms with Gasteiger partial charge in [0.25, 0.3) is 0 Å². The van der Waals surface area contributed by atoms with E-state index in [0.717, 1.165) is 23.3 Å². The Morgan fingerprint density at radius 1 is 1.09 bits per heavy atom. The number of thioether (sulfide) groups is 1. The molecule has 7 heteroatoms. The molecule has 0 saturated heterocycles. The van der Waals surface area contributed by atoms with E-state index < -0.39 is 6.04 Å². The molecule has 2 aromatic carbocycles. The second kappa shape index (κ2) is 13.4. The minimum atomic E-state index is -0.529. The lowest BCUT2D eigenvalue weighted by Crippen LogP contribution is -2.51. The fourth-order valence-electron chi connectivity index (χ4n) is 3.25. The molecule has 0 bridgehead atoms. The number of methoxy groups -OCH3 is 1. The fraction of sp³-hybridized carbons (Fsp3) is 0.440. The molecule has 1 N–H and O–H groups in total.